The zero-order chi connectivity index (χ0) is 9.35. The minimum atomic E-state index is -0.733. The Morgan fingerprint density at radius 2 is 2.45 bits per heavy atom. The van der Waals surface area contributed by atoms with E-state index in [1.807, 2.05) is 0 Å². The van der Waals surface area contributed by atoms with E-state index in [0.29, 0.717) is 6.42 Å². The molecule has 4 N–H and O–H groups in total. The minimum Gasteiger partial charge on any atom is -0.389 e. The molecule has 4 nitrogen and oxygen atoms in total. The molecule has 1 heterocycles. The molecule has 0 aromatic rings. The van der Waals surface area contributed by atoms with Crippen LogP contribution in [0.25, 0.3) is 0 Å². The van der Waals surface area contributed by atoms with Crippen molar-refractivity contribution in [3.05, 3.63) is 0 Å². The molecule has 0 spiro atoms. The Bertz CT molecular complexity index is 165. The fourth-order valence-corrected chi connectivity index (χ4v) is 1.38. The average molecular weight is 163 g/mol. The van der Waals surface area contributed by atoms with Crippen molar-refractivity contribution in [3.8, 4) is 0 Å². The van der Waals surface area contributed by atoms with Gasteiger partial charge in [0.1, 0.15) is 0 Å². The molecule has 1 aliphatic heterocycles. The number of hydrogen-bond donors (Lipinski definition) is 3. The highest BCUT2D eigenvalue weighted by atomic mass is 16.6. The molecule has 4 atom stereocenters. The lowest BCUT2D eigenvalue weighted by molar-refractivity contribution is -0.215. The van der Waals surface area contributed by atoms with Crippen LogP contribution in [0, 0.1) is 0 Å². The van der Waals surface area contributed by atoms with Gasteiger partial charge in [-0.1, -0.05) is 0 Å². The standard InChI is InChI=1S/C7H15NO3/c1-4-6(10)7(2,8)3-5(9)11-4/h4-6,9-10H,3,8H2,1-2H3/t4-,5-,6?,7?/m1/s1/i9T. The van der Waals surface area contributed by atoms with E-state index in [-0.39, 0.29) is 6.10 Å². The van der Waals surface area contributed by atoms with E-state index in [4.69, 9.17) is 11.9 Å². The molecule has 0 aliphatic carbocycles. The molecular formula is C7H15NO3. The molecule has 0 amide bonds. The third-order valence-corrected chi connectivity index (χ3v) is 2.09. The number of hydrogen-bond acceptors (Lipinski definition) is 4. The molecule has 4 heteroatoms. The molecule has 0 aromatic heterocycles. The van der Waals surface area contributed by atoms with Crippen molar-refractivity contribution in [2.24, 2.45) is 5.73 Å². The van der Waals surface area contributed by atoms with Crippen molar-refractivity contribution >= 4 is 0 Å². The van der Waals surface area contributed by atoms with Gasteiger partial charge < -0.3 is 20.7 Å². The molecule has 0 radical (unpaired) electrons. The normalized spacial score (nSPS) is 53.8. The van der Waals surface area contributed by atoms with Gasteiger partial charge in [-0.05, 0) is 13.8 Å². The largest absolute Gasteiger partial charge is 0.389 e. The van der Waals surface area contributed by atoms with E-state index < -0.39 is 17.9 Å². The second-order valence-electron chi connectivity index (χ2n) is 3.43. The second kappa shape index (κ2) is 2.71. The predicted octanol–water partition coefficient (Wildman–Crippen LogP) is -0.808. The first-order valence-corrected chi connectivity index (χ1v) is 3.72. The Kier molecular flexibility index (Phi) is 1.85. The first-order chi connectivity index (χ1) is 5.47. The zero-order valence-electron chi connectivity index (χ0n) is 7.78. The highest BCUT2D eigenvalue weighted by Gasteiger charge is 2.40. The number of aliphatic hydroxyl groups excluding tert-OH is 2. The van der Waals surface area contributed by atoms with Crippen LogP contribution in [0.2, 0.25) is 0 Å². The number of ether oxygens (including phenoxy) is 1. The van der Waals surface area contributed by atoms with Crippen molar-refractivity contribution in [1.29, 1.82) is 1.43 Å². The van der Waals surface area contributed by atoms with Gasteiger partial charge in [-0.25, -0.2) is 0 Å². The van der Waals surface area contributed by atoms with Gasteiger partial charge in [0.25, 0.3) is 0 Å². The van der Waals surface area contributed by atoms with Gasteiger partial charge in [0.05, 0.1) is 12.2 Å². The van der Waals surface area contributed by atoms with E-state index >= 15 is 0 Å². The van der Waals surface area contributed by atoms with Crippen LogP contribution in [-0.4, -0.2) is 35.7 Å². The van der Waals surface area contributed by atoms with Crippen LogP contribution in [-0.2, 0) is 4.74 Å². The summed E-state index contributed by atoms with van der Waals surface area (Å²) in [6, 6.07) is 0. The molecule has 2 unspecified atom stereocenters. The van der Waals surface area contributed by atoms with E-state index in [9.17, 15) is 5.11 Å². The van der Waals surface area contributed by atoms with Crippen LogP contribution >= 0.6 is 0 Å². The Morgan fingerprint density at radius 3 is 2.91 bits per heavy atom. The third kappa shape index (κ3) is 1.70. The van der Waals surface area contributed by atoms with Crippen LogP contribution in [0.5, 0.6) is 0 Å². The maximum Gasteiger partial charge on any atom is 0.213 e. The minimum absolute atomic E-state index is 0.335. The van der Waals surface area contributed by atoms with Crippen molar-refractivity contribution < 1.29 is 15.0 Å². The Labute approximate surface area is 67.5 Å². The molecular weight excluding hydrogens is 146 g/mol. The third-order valence-electron chi connectivity index (χ3n) is 2.09. The number of rotatable bonds is 1. The maximum absolute atomic E-state index is 9.55. The molecule has 1 aliphatic rings. The van der Waals surface area contributed by atoms with Gasteiger partial charge in [0.2, 0.25) is 1.43 Å². The van der Waals surface area contributed by atoms with E-state index in [1.165, 1.54) is 0 Å². The maximum atomic E-state index is 9.55. The summed E-state index contributed by atoms with van der Waals surface area (Å²) in [5.74, 6) is 0. The summed E-state index contributed by atoms with van der Waals surface area (Å²) in [7, 11) is 0. The van der Waals surface area contributed by atoms with E-state index in [0.717, 1.165) is 0 Å². The van der Waals surface area contributed by atoms with Crippen molar-refractivity contribution in [2.75, 3.05) is 0 Å². The summed E-state index contributed by atoms with van der Waals surface area (Å²) in [6.45, 7) is 3.43. The average Bonchev–Trinajstić information content (AvgIpc) is 1.99. The quantitative estimate of drug-likeness (QED) is 0.472. The van der Waals surface area contributed by atoms with Crippen molar-refractivity contribution in [1.82, 2.24) is 0 Å². The molecule has 11 heavy (non-hydrogen) atoms. The smallest absolute Gasteiger partial charge is 0.213 e. The zero-order valence-corrected chi connectivity index (χ0v) is 6.78. The van der Waals surface area contributed by atoms with E-state index in [1.54, 1.807) is 13.8 Å². The molecule has 1 rings (SSSR count). The molecule has 0 bridgehead atoms. The van der Waals surface area contributed by atoms with Gasteiger partial charge in [0, 0.05) is 12.0 Å². The first kappa shape index (κ1) is 7.49. The number of nitrogens with two attached hydrogens (primary N) is 1. The Hall–Kier alpha value is -0.160. The summed E-state index contributed by atoms with van der Waals surface area (Å²) < 4.78 is 11.8. The highest BCUT2D eigenvalue weighted by molar-refractivity contribution is 4.94. The highest BCUT2D eigenvalue weighted by Crippen LogP contribution is 2.25. The van der Waals surface area contributed by atoms with Crippen LogP contribution in [0.3, 0.4) is 0 Å². The van der Waals surface area contributed by atoms with Crippen molar-refractivity contribution in [3.63, 3.8) is 0 Å². The second-order valence-corrected chi connectivity index (χ2v) is 3.43. The molecule has 1 saturated heterocycles. The summed E-state index contributed by atoms with van der Waals surface area (Å²) >= 11 is 0. The SMILES string of the molecule is [3H]O[C@H]1CC(C)(N)C(O)[C@@H](C)O1. The lowest BCUT2D eigenvalue weighted by atomic mass is 9.86. The summed E-state index contributed by atoms with van der Waals surface area (Å²) in [5, 5.41) is 13.8. The molecule has 1 fully saturated rings. The van der Waals surface area contributed by atoms with Gasteiger partial charge in [-0.3, -0.25) is 0 Å². The van der Waals surface area contributed by atoms with Crippen LogP contribution < -0.4 is 5.73 Å². The van der Waals surface area contributed by atoms with Gasteiger partial charge >= 0.3 is 0 Å². The molecule has 0 aromatic carbocycles. The van der Waals surface area contributed by atoms with E-state index in [2.05, 4.69) is 5.11 Å². The monoisotopic (exact) mass is 163 g/mol. The Morgan fingerprint density at radius 1 is 1.82 bits per heavy atom. The fraction of sp³-hybridized carbons (Fsp3) is 1.00. The predicted molar refractivity (Wildman–Crippen MR) is 39.8 cm³/mol. The van der Waals surface area contributed by atoms with Gasteiger partial charge in [0.15, 0.2) is 6.29 Å². The van der Waals surface area contributed by atoms with Crippen LogP contribution in [0.4, 0.5) is 0 Å². The van der Waals surface area contributed by atoms with Crippen molar-refractivity contribution in [2.45, 2.75) is 44.3 Å². The van der Waals surface area contributed by atoms with Gasteiger partial charge in [-0.2, -0.15) is 0 Å². The summed E-state index contributed by atoms with van der Waals surface area (Å²) in [4.78, 5) is 0. The van der Waals surface area contributed by atoms with Crippen LogP contribution in [0.1, 0.15) is 20.3 Å². The van der Waals surface area contributed by atoms with Crippen LogP contribution in [0.15, 0.2) is 0 Å². The summed E-state index contributed by atoms with van der Waals surface area (Å²) in [6.07, 6.45) is -1.38. The fourth-order valence-electron chi connectivity index (χ4n) is 1.38. The lowest BCUT2D eigenvalue weighted by Gasteiger charge is -2.41. The number of aliphatic hydroxyl groups is 2. The first-order valence-electron chi connectivity index (χ1n) is 4.12. The summed E-state index contributed by atoms with van der Waals surface area (Å²) in [5.41, 5.74) is 5.05. The topological polar surface area (TPSA) is 75.7 Å². The van der Waals surface area contributed by atoms with Gasteiger partial charge in [-0.15, -0.1) is 0 Å². The Balaban J connectivity index is 2.65. The molecule has 0 saturated carbocycles. The molecule has 66 valence electrons. The lowest BCUT2D eigenvalue weighted by Crippen LogP contribution is -2.59.